The third kappa shape index (κ3) is 4.67. The molecule has 2 aromatic rings. The van der Waals surface area contributed by atoms with Crippen LogP contribution in [-0.2, 0) is 13.0 Å². The number of hydrogen-bond donors (Lipinski definition) is 1. The van der Waals surface area contributed by atoms with Crippen LogP contribution in [0.15, 0.2) is 48.8 Å². The highest BCUT2D eigenvalue weighted by atomic mass is 14.9. The van der Waals surface area contributed by atoms with Crippen LogP contribution in [0.25, 0.3) is 0 Å². The summed E-state index contributed by atoms with van der Waals surface area (Å²) in [5, 5.41) is 3.74. The summed E-state index contributed by atoms with van der Waals surface area (Å²) in [5.41, 5.74) is 4.01. The highest BCUT2D eigenvalue weighted by molar-refractivity contribution is 5.27. The van der Waals surface area contributed by atoms with E-state index in [2.05, 4.69) is 40.6 Å². The van der Waals surface area contributed by atoms with Crippen molar-refractivity contribution < 1.29 is 0 Å². The van der Waals surface area contributed by atoms with Crippen LogP contribution < -0.4 is 5.32 Å². The lowest BCUT2D eigenvalue weighted by Gasteiger charge is -2.16. The molecule has 0 aliphatic heterocycles. The minimum atomic E-state index is 0.720. The van der Waals surface area contributed by atoms with Crippen LogP contribution in [0.4, 0.5) is 0 Å². The standard InChI is InChI=1S/C20H26N2/c1-2-4-8-20(7-3-1)22-16-18-11-9-17(10-12-18)14-19-6-5-13-21-15-19/h5-6,9-13,15,20,22H,1-4,7-8,14,16H2. The van der Waals surface area contributed by atoms with Gasteiger partial charge in [0.2, 0.25) is 0 Å². The van der Waals surface area contributed by atoms with Crippen LogP contribution in [0.3, 0.4) is 0 Å². The number of nitrogens with zero attached hydrogens (tertiary/aromatic N) is 1. The summed E-state index contributed by atoms with van der Waals surface area (Å²) >= 11 is 0. The summed E-state index contributed by atoms with van der Waals surface area (Å²) in [6.45, 7) is 0.998. The molecule has 22 heavy (non-hydrogen) atoms. The van der Waals surface area contributed by atoms with Gasteiger partial charge < -0.3 is 5.32 Å². The lowest BCUT2D eigenvalue weighted by Crippen LogP contribution is -2.27. The van der Waals surface area contributed by atoms with Crippen LogP contribution in [0.5, 0.6) is 0 Å². The summed E-state index contributed by atoms with van der Waals surface area (Å²) in [4.78, 5) is 4.18. The molecule has 0 saturated heterocycles. The Labute approximate surface area is 134 Å². The molecule has 1 aliphatic carbocycles. The van der Waals surface area contributed by atoms with E-state index in [1.165, 1.54) is 55.2 Å². The smallest absolute Gasteiger partial charge is 0.0303 e. The van der Waals surface area contributed by atoms with Gasteiger partial charge in [-0.15, -0.1) is 0 Å². The summed E-state index contributed by atoms with van der Waals surface area (Å²) in [7, 11) is 0. The average molecular weight is 294 g/mol. The van der Waals surface area contributed by atoms with Crippen LogP contribution >= 0.6 is 0 Å². The number of pyridine rings is 1. The minimum Gasteiger partial charge on any atom is -0.310 e. The molecule has 0 unspecified atom stereocenters. The lowest BCUT2D eigenvalue weighted by atomic mass is 10.0. The number of benzene rings is 1. The fourth-order valence-electron chi connectivity index (χ4n) is 3.26. The molecule has 1 aliphatic rings. The SMILES string of the molecule is c1cncc(Cc2ccc(CNC3CCCCCC3)cc2)c1. The highest BCUT2D eigenvalue weighted by Crippen LogP contribution is 2.18. The van der Waals surface area contributed by atoms with Gasteiger partial charge in [-0.05, 0) is 42.0 Å². The zero-order chi connectivity index (χ0) is 15.0. The molecular formula is C20H26N2. The summed E-state index contributed by atoms with van der Waals surface area (Å²) in [5.74, 6) is 0. The topological polar surface area (TPSA) is 24.9 Å². The molecule has 1 saturated carbocycles. The Hall–Kier alpha value is -1.67. The Balaban J connectivity index is 1.50. The van der Waals surface area contributed by atoms with E-state index in [0.29, 0.717) is 0 Å². The van der Waals surface area contributed by atoms with Crippen molar-refractivity contribution >= 4 is 0 Å². The summed E-state index contributed by atoms with van der Waals surface area (Å²) in [6, 6.07) is 13.9. The predicted molar refractivity (Wildman–Crippen MR) is 91.8 cm³/mol. The third-order valence-electron chi connectivity index (χ3n) is 4.60. The molecule has 0 spiro atoms. The number of hydrogen-bond acceptors (Lipinski definition) is 2. The van der Waals surface area contributed by atoms with E-state index >= 15 is 0 Å². The van der Waals surface area contributed by atoms with Gasteiger partial charge in [0, 0.05) is 25.0 Å². The molecule has 1 N–H and O–H groups in total. The van der Waals surface area contributed by atoms with E-state index in [9.17, 15) is 0 Å². The van der Waals surface area contributed by atoms with Gasteiger partial charge in [-0.25, -0.2) is 0 Å². The maximum atomic E-state index is 4.18. The first-order valence-corrected chi connectivity index (χ1v) is 8.60. The number of aromatic nitrogens is 1. The Morgan fingerprint density at radius 3 is 2.27 bits per heavy atom. The van der Waals surface area contributed by atoms with Crippen LogP contribution in [-0.4, -0.2) is 11.0 Å². The van der Waals surface area contributed by atoms with E-state index in [4.69, 9.17) is 0 Å². The number of nitrogens with one attached hydrogen (secondary N) is 1. The zero-order valence-electron chi connectivity index (χ0n) is 13.3. The monoisotopic (exact) mass is 294 g/mol. The number of rotatable bonds is 5. The van der Waals surface area contributed by atoms with E-state index < -0.39 is 0 Å². The first-order chi connectivity index (χ1) is 10.9. The molecule has 0 bridgehead atoms. The molecule has 0 amide bonds. The Bertz CT molecular complexity index is 540. The second-order valence-corrected chi connectivity index (χ2v) is 6.42. The molecule has 1 heterocycles. The lowest BCUT2D eigenvalue weighted by molar-refractivity contribution is 0.459. The first kappa shape index (κ1) is 15.2. The fraction of sp³-hybridized carbons (Fsp3) is 0.450. The molecule has 1 fully saturated rings. The van der Waals surface area contributed by atoms with Gasteiger partial charge in [0.15, 0.2) is 0 Å². The van der Waals surface area contributed by atoms with Gasteiger partial charge in [0.25, 0.3) is 0 Å². The Morgan fingerprint density at radius 1 is 0.864 bits per heavy atom. The largest absolute Gasteiger partial charge is 0.310 e. The molecule has 1 aromatic heterocycles. The van der Waals surface area contributed by atoms with Crippen molar-refractivity contribution in [1.82, 2.24) is 10.3 Å². The molecule has 3 rings (SSSR count). The Morgan fingerprint density at radius 2 is 1.59 bits per heavy atom. The van der Waals surface area contributed by atoms with Crippen LogP contribution in [0.2, 0.25) is 0 Å². The molecule has 0 atom stereocenters. The molecule has 2 heteroatoms. The van der Waals surface area contributed by atoms with E-state index in [-0.39, 0.29) is 0 Å². The van der Waals surface area contributed by atoms with E-state index in [0.717, 1.165) is 19.0 Å². The predicted octanol–water partition coefficient (Wildman–Crippen LogP) is 4.48. The van der Waals surface area contributed by atoms with E-state index in [1.54, 1.807) is 0 Å². The van der Waals surface area contributed by atoms with Crippen molar-refractivity contribution in [2.75, 3.05) is 0 Å². The van der Waals surface area contributed by atoms with Gasteiger partial charge >= 0.3 is 0 Å². The van der Waals surface area contributed by atoms with Gasteiger partial charge in [-0.3, -0.25) is 4.98 Å². The average Bonchev–Trinajstić information content (AvgIpc) is 2.84. The third-order valence-corrected chi connectivity index (χ3v) is 4.60. The Kier molecular flexibility index (Phi) is 5.60. The zero-order valence-corrected chi connectivity index (χ0v) is 13.3. The molecule has 0 radical (unpaired) electrons. The van der Waals surface area contributed by atoms with Gasteiger partial charge in [0.05, 0.1) is 0 Å². The summed E-state index contributed by atoms with van der Waals surface area (Å²) < 4.78 is 0. The maximum Gasteiger partial charge on any atom is 0.0303 e. The van der Waals surface area contributed by atoms with Crippen molar-refractivity contribution in [2.24, 2.45) is 0 Å². The maximum absolute atomic E-state index is 4.18. The highest BCUT2D eigenvalue weighted by Gasteiger charge is 2.11. The van der Waals surface area contributed by atoms with Gasteiger partial charge in [-0.2, -0.15) is 0 Å². The normalized spacial score (nSPS) is 16.4. The summed E-state index contributed by atoms with van der Waals surface area (Å²) in [6.07, 6.45) is 13.0. The van der Waals surface area contributed by atoms with Crippen molar-refractivity contribution in [3.8, 4) is 0 Å². The van der Waals surface area contributed by atoms with Crippen molar-refractivity contribution in [2.45, 2.75) is 57.5 Å². The molecule has 1 aromatic carbocycles. The van der Waals surface area contributed by atoms with Crippen molar-refractivity contribution in [1.29, 1.82) is 0 Å². The minimum absolute atomic E-state index is 0.720. The van der Waals surface area contributed by atoms with Crippen molar-refractivity contribution in [3.05, 3.63) is 65.5 Å². The van der Waals surface area contributed by atoms with Crippen LogP contribution in [0, 0.1) is 0 Å². The van der Waals surface area contributed by atoms with Crippen molar-refractivity contribution in [3.63, 3.8) is 0 Å². The quantitative estimate of drug-likeness (QED) is 0.822. The van der Waals surface area contributed by atoms with Crippen LogP contribution in [0.1, 0.15) is 55.2 Å². The van der Waals surface area contributed by atoms with Gasteiger partial charge in [0.1, 0.15) is 0 Å². The van der Waals surface area contributed by atoms with Gasteiger partial charge in [-0.1, -0.05) is 56.0 Å². The molecular weight excluding hydrogens is 268 g/mol. The fourth-order valence-corrected chi connectivity index (χ4v) is 3.26. The molecule has 2 nitrogen and oxygen atoms in total. The second-order valence-electron chi connectivity index (χ2n) is 6.42. The molecule has 116 valence electrons. The second kappa shape index (κ2) is 8.09. The first-order valence-electron chi connectivity index (χ1n) is 8.60. The van der Waals surface area contributed by atoms with E-state index in [1.807, 2.05) is 18.5 Å².